The Balaban J connectivity index is 1.46. The van der Waals surface area contributed by atoms with Crippen molar-refractivity contribution < 1.29 is 14.4 Å². The molecule has 1 aliphatic rings. The molecule has 0 saturated heterocycles. The van der Waals surface area contributed by atoms with Crippen molar-refractivity contribution in [3.63, 3.8) is 0 Å². The van der Waals surface area contributed by atoms with Gasteiger partial charge >= 0.3 is 0 Å². The molecule has 0 radical (unpaired) electrons. The summed E-state index contributed by atoms with van der Waals surface area (Å²) in [5.74, 6) is -0.0756. The lowest BCUT2D eigenvalue weighted by Crippen LogP contribution is -2.41. The van der Waals surface area contributed by atoms with Crippen molar-refractivity contribution >= 4 is 40.3 Å². The van der Waals surface area contributed by atoms with Gasteiger partial charge < -0.3 is 0 Å². The summed E-state index contributed by atoms with van der Waals surface area (Å²) < 4.78 is 0. The third kappa shape index (κ3) is 4.55. The standard InChI is InChI=1S/C18H20N2O3S2/c1-11-4-6-14-12(9-11)10-16(25-14)18(23)20-19-17(22)7-5-13(21)15-3-2-8-24-15/h2-3,8,10-11H,4-7,9H2,1H3,(H,19,22)(H,20,23)/t11-/m1/s1. The van der Waals surface area contributed by atoms with E-state index in [0.29, 0.717) is 15.7 Å². The number of Topliss-reactive ketones (excluding diaryl/α,β-unsaturated/α-hetero) is 1. The highest BCUT2D eigenvalue weighted by molar-refractivity contribution is 7.14. The second kappa shape index (κ2) is 7.93. The van der Waals surface area contributed by atoms with E-state index in [2.05, 4.69) is 17.8 Å². The summed E-state index contributed by atoms with van der Waals surface area (Å²) in [6.07, 6.45) is 3.37. The van der Waals surface area contributed by atoms with E-state index in [9.17, 15) is 14.4 Å². The van der Waals surface area contributed by atoms with Gasteiger partial charge in [0.25, 0.3) is 5.91 Å². The summed E-state index contributed by atoms with van der Waals surface area (Å²) in [7, 11) is 0. The molecule has 5 nitrogen and oxygen atoms in total. The largest absolute Gasteiger partial charge is 0.293 e. The molecular formula is C18H20N2O3S2. The number of hydrogen-bond donors (Lipinski definition) is 2. The Morgan fingerprint density at radius 2 is 2.04 bits per heavy atom. The second-order valence-electron chi connectivity index (χ2n) is 6.31. The zero-order valence-corrected chi connectivity index (χ0v) is 15.6. The van der Waals surface area contributed by atoms with Crippen LogP contribution < -0.4 is 10.9 Å². The maximum atomic E-state index is 12.2. The van der Waals surface area contributed by atoms with Crippen molar-refractivity contribution in [1.82, 2.24) is 10.9 Å². The molecule has 0 spiro atoms. The first-order valence-corrected chi connectivity index (χ1v) is 10.00. The van der Waals surface area contributed by atoms with Crippen molar-refractivity contribution in [2.45, 2.75) is 39.0 Å². The fourth-order valence-corrected chi connectivity index (χ4v) is 4.65. The predicted molar refractivity (Wildman–Crippen MR) is 99.0 cm³/mol. The molecule has 0 aromatic carbocycles. The number of carbonyl (C=O) groups excluding carboxylic acids is 3. The molecule has 3 rings (SSSR count). The van der Waals surface area contributed by atoms with Gasteiger partial charge in [0.15, 0.2) is 5.78 Å². The highest BCUT2D eigenvalue weighted by Crippen LogP contribution is 2.32. The van der Waals surface area contributed by atoms with Crippen molar-refractivity contribution in [3.8, 4) is 0 Å². The van der Waals surface area contributed by atoms with Crippen molar-refractivity contribution in [2.75, 3.05) is 0 Å². The van der Waals surface area contributed by atoms with Crippen LogP contribution >= 0.6 is 22.7 Å². The highest BCUT2D eigenvalue weighted by Gasteiger charge is 2.21. The smallest absolute Gasteiger partial charge is 0.279 e. The fraction of sp³-hybridized carbons (Fsp3) is 0.389. The molecule has 0 unspecified atom stereocenters. The second-order valence-corrected chi connectivity index (χ2v) is 8.39. The molecule has 1 aliphatic carbocycles. The number of thiophene rings is 2. The maximum absolute atomic E-state index is 12.2. The number of hydrogen-bond acceptors (Lipinski definition) is 5. The number of carbonyl (C=O) groups is 3. The van der Waals surface area contributed by atoms with E-state index >= 15 is 0 Å². The number of hydrazine groups is 1. The maximum Gasteiger partial charge on any atom is 0.279 e. The van der Waals surface area contributed by atoms with Gasteiger partial charge in [0, 0.05) is 17.7 Å². The van der Waals surface area contributed by atoms with Crippen molar-refractivity contribution in [2.24, 2.45) is 5.92 Å². The van der Waals surface area contributed by atoms with Gasteiger partial charge in [0.1, 0.15) is 0 Å². The molecule has 0 fully saturated rings. The van der Waals surface area contributed by atoms with E-state index in [0.717, 1.165) is 19.3 Å². The number of nitrogens with one attached hydrogen (secondary N) is 2. The average molecular weight is 377 g/mol. The van der Waals surface area contributed by atoms with Crippen LogP contribution in [0.4, 0.5) is 0 Å². The van der Waals surface area contributed by atoms with Crippen LogP contribution in [0, 0.1) is 5.92 Å². The molecular weight excluding hydrogens is 356 g/mol. The van der Waals surface area contributed by atoms with Gasteiger partial charge in [-0.3, -0.25) is 25.2 Å². The molecule has 0 bridgehead atoms. The van der Waals surface area contributed by atoms with Gasteiger partial charge in [-0.2, -0.15) is 0 Å². The Labute approximate surface area is 154 Å². The predicted octanol–water partition coefficient (Wildman–Crippen LogP) is 3.36. The van der Waals surface area contributed by atoms with Crippen LogP contribution in [0.1, 0.15) is 56.0 Å². The van der Waals surface area contributed by atoms with Crippen LogP contribution in [0.5, 0.6) is 0 Å². The number of amides is 2. The summed E-state index contributed by atoms with van der Waals surface area (Å²) in [5, 5.41) is 1.83. The molecule has 2 N–H and O–H groups in total. The third-order valence-corrected chi connectivity index (χ3v) is 6.39. The van der Waals surface area contributed by atoms with Gasteiger partial charge in [-0.1, -0.05) is 13.0 Å². The Kier molecular flexibility index (Phi) is 5.65. The molecule has 0 aliphatic heterocycles. The van der Waals surface area contributed by atoms with E-state index in [4.69, 9.17) is 0 Å². The lowest BCUT2D eigenvalue weighted by molar-refractivity contribution is -0.121. The first kappa shape index (κ1) is 17.8. The SMILES string of the molecule is C[C@@H]1CCc2sc(C(=O)NNC(=O)CCC(=O)c3cccs3)cc2C1. The zero-order valence-electron chi connectivity index (χ0n) is 14.0. The van der Waals surface area contributed by atoms with Gasteiger partial charge in [0.05, 0.1) is 9.75 Å². The summed E-state index contributed by atoms with van der Waals surface area (Å²) in [6, 6.07) is 5.48. The van der Waals surface area contributed by atoms with E-state index in [1.807, 2.05) is 11.4 Å². The lowest BCUT2D eigenvalue weighted by Gasteiger charge is -2.16. The number of ketones is 1. The average Bonchev–Trinajstić information content (AvgIpc) is 3.26. The lowest BCUT2D eigenvalue weighted by atomic mass is 9.90. The minimum absolute atomic E-state index is 0.0511. The van der Waals surface area contributed by atoms with Gasteiger partial charge in [-0.25, -0.2) is 0 Å². The quantitative estimate of drug-likeness (QED) is 0.621. The molecule has 1 atom stereocenters. The van der Waals surface area contributed by atoms with Crippen LogP contribution in [0.2, 0.25) is 0 Å². The van der Waals surface area contributed by atoms with Crippen LogP contribution in [0.3, 0.4) is 0 Å². The minimum atomic E-state index is -0.367. The monoisotopic (exact) mass is 376 g/mol. The summed E-state index contributed by atoms with van der Waals surface area (Å²) >= 11 is 2.86. The van der Waals surface area contributed by atoms with Crippen molar-refractivity contribution in [3.05, 3.63) is 43.8 Å². The summed E-state index contributed by atoms with van der Waals surface area (Å²) in [6.45, 7) is 2.22. The Bertz CT molecular complexity index is 780. The van der Waals surface area contributed by atoms with Gasteiger partial charge in [-0.05, 0) is 48.3 Å². The highest BCUT2D eigenvalue weighted by atomic mass is 32.1. The van der Waals surface area contributed by atoms with E-state index in [1.54, 1.807) is 12.1 Å². The Morgan fingerprint density at radius 1 is 1.20 bits per heavy atom. The van der Waals surface area contributed by atoms with E-state index in [-0.39, 0.29) is 30.4 Å². The van der Waals surface area contributed by atoms with E-state index in [1.165, 1.54) is 33.1 Å². The first-order chi connectivity index (χ1) is 12.0. The topological polar surface area (TPSA) is 75.3 Å². The number of fused-ring (bicyclic) bond motifs is 1. The van der Waals surface area contributed by atoms with Crippen LogP contribution in [-0.2, 0) is 17.6 Å². The minimum Gasteiger partial charge on any atom is -0.293 e. The molecule has 132 valence electrons. The molecule has 2 amide bonds. The van der Waals surface area contributed by atoms with Gasteiger partial charge in [-0.15, -0.1) is 22.7 Å². The van der Waals surface area contributed by atoms with Gasteiger partial charge in [0.2, 0.25) is 5.91 Å². The summed E-state index contributed by atoms with van der Waals surface area (Å²) in [5.41, 5.74) is 6.08. The molecule has 2 aromatic rings. The van der Waals surface area contributed by atoms with Crippen LogP contribution in [-0.4, -0.2) is 17.6 Å². The Hall–Kier alpha value is -1.99. The fourth-order valence-electron chi connectivity index (χ4n) is 2.86. The van der Waals surface area contributed by atoms with Crippen molar-refractivity contribution in [1.29, 1.82) is 0 Å². The van der Waals surface area contributed by atoms with Crippen LogP contribution in [0.15, 0.2) is 23.6 Å². The third-order valence-electron chi connectivity index (χ3n) is 4.24. The first-order valence-electron chi connectivity index (χ1n) is 8.30. The Morgan fingerprint density at radius 3 is 2.80 bits per heavy atom. The summed E-state index contributed by atoms with van der Waals surface area (Å²) in [4.78, 5) is 38.4. The number of aryl methyl sites for hydroxylation is 1. The molecule has 7 heteroatoms. The molecule has 25 heavy (non-hydrogen) atoms. The molecule has 2 aromatic heterocycles. The zero-order chi connectivity index (χ0) is 17.8. The van der Waals surface area contributed by atoms with Crippen LogP contribution in [0.25, 0.3) is 0 Å². The van der Waals surface area contributed by atoms with E-state index < -0.39 is 0 Å². The number of rotatable bonds is 5. The molecule has 0 saturated carbocycles. The normalized spacial score (nSPS) is 16.1. The molecule has 2 heterocycles.